The third kappa shape index (κ3) is 3.29. The molecule has 0 fully saturated rings. The second-order valence-corrected chi connectivity index (χ2v) is 4.81. The zero-order valence-corrected chi connectivity index (χ0v) is 13.2. The van der Waals surface area contributed by atoms with E-state index in [1.807, 2.05) is 45.0 Å². The molecule has 114 valence electrons. The number of hydrogen-bond acceptors (Lipinski definition) is 5. The minimum absolute atomic E-state index is 0.540. The molecule has 22 heavy (non-hydrogen) atoms. The van der Waals surface area contributed by atoms with Gasteiger partial charge in [0.25, 0.3) is 0 Å². The van der Waals surface area contributed by atoms with E-state index >= 15 is 0 Å². The van der Waals surface area contributed by atoms with Crippen molar-refractivity contribution in [3.8, 4) is 17.6 Å². The first kappa shape index (κ1) is 15.6. The van der Waals surface area contributed by atoms with Crippen LogP contribution in [0.2, 0.25) is 0 Å². The Kier molecular flexibility index (Phi) is 4.84. The minimum Gasteiger partial charge on any atom is -0.493 e. The van der Waals surface area contributed by atoms with Crippen LogP contribution in [0.15, 0.2) is 24.3 Å². The van der Waals surface area contributed by atoms with Crippen LogP contribution in [-0.2, 0) is 0 Å². The topological polar surface area (TPSA) is 67.2 Å². The van der Waals surface area contributed by atoms with Crippen molar-refractivity contribution in [1.82, 2.24) is 4.98 Å². The molecule has 0 aliphatic carbocycles. The molecule has 0 atom stereocenters. The number of pyridine rings is 1. The third-order valence-corrected chi connectivity index (χ3v) is 3.18. The number of methoxy groups -OCH3 is 1. The van der Waals surface area contributed by atoms with Gasteiger partial charge < -0.3 is 14.8 Å². The minimum atomic E-state index is 0.540. The molecule has 0 saturated carbocycles. The zero-order valence-electron chi connectivity index (χ0n) is 13.2. The summed E-state index contributed by atoms with van der Waals surface area (Å²) in [6, 6.07) is 9.62. The molecule has 0 amide bonds. The lowest BCUT2D eigenvalue weighted by molar-refractivity contribution is 0.311. The summed E-state index contributed by atoms with van der Waals surface area (Å²) in [5, 5.41) is 12.6. The highest BCUT2D eigenvalue weighted by Gasteiger charge is 2.10. The Bertz CT molecular complexity index is 721. The lowest BCUT2D eigenvalue weighted by Crippen LogP contribution is -2.01. The smallest absolute Gasteiger partial charge is 0.162 e. The van der Waals surface area contributed by atoms with Crippen molar-refractivity contribution in [2.24, 2.45) is 0 Å². The number of nitrogens with zero attached hydrogens (tertiary/aromatic N) is 2. The van der Waals surface area contributed by atoms with Crippen LogP contribution < -0.4 is 14.8 Å². The fourth-order valence-electron chi connectivity index (χ4n) is 2.24. The van der Waals surface area contributed by atoms with Crippen LogP contribution >= 0.6 is 0 Å². The summed E-state index contributed by atoms with van der Waals surface area (Å²) in [5.41, 5.74) is 3.67. The van der Waals surface area contributed by atoms with Gasteiger partial charge in [0, 0.05) is 17.4 Å². The lowest BCUT2D eigenvalue weighted by atomic mass is 10.1. The van der Waals surface area contributed by atoms with Gasteiger partial charge in [-0.2, -0.15) is 5.26 Å². The fraction of sp³-hybridized carbons (Fsp3) is 0.294. The fourth-order valence-corrected chi connectivity index (χ4v) is 2.24. The molecule has 5 heteroatoms. The van der Waals surface area contributed by atoms with Crippen LogP contribution in [0.5, 0.6) is 11.5 Å². The second-order valence-electron chi connectivity index (χ2n) is 4.81. The van der Waals surface area contributed by atoms with Crippen LogP contribution in [0, 0.1) is 25.2 Å². The molecule has 1 N–H and O–H groups in total. The summed E-state index contributed by atoms with van der Waals surface area (Å²) < 4.78 is 10.8. The van der Waals surface area contributed by atoms with E-state index in [1.54, 1.807) is 7.11 Å². The van der Waals surface area contributed by atoms with Gasteiger partial charge in [0.2, 0.25) is 0 Å². The summed E-state index contributed by atoms with van der Waals surface area (Å²) >= 11 is 0. The Labute approximate surface area is 130 Å². The molecule has 0 unspecified atom stereocenters. The van der Waals surface area contributed by atoms with Gasteiger partial charge in [-0.25, -0.2) is 0 Å². The Morgan fingerprint density at radius 1 is 1.23 bits per heavy atom. The average Bonchev–Trinajstić information content (AvgIpc) is 2.48. The first-order chi connectivity index (χ1) is 10.6. The molecule has 1 aromatic carbocycles. The maximum atomic E-state index is 9.31. The highest BCUT2D eigenvalue weighted by atomic mass is 16.5. The highest BCUT2D eigenvalue weighted by molar-refractivity contribution is 5.69. The molecule has 2 rings (SSSR count). The van der Waals surface area contributed by atoms with Gasteiger partial charge in [0.05, 0.1) is 30.7 Å². The summed E-state index contributed by atoms with van der Waals surface area (Å²) in [4.78, 5) is 4.31. The van der Waals surface area contributed by atoms with Crippen LogP contribution in [0.4, 0.5) is 11.4 Å². The third-order valence-electron chi connectivity index (χ3n) is 3.18. The van der Waals surface area contributed by atoms with Gasteiger partial charge in [-0.05, 0) is 39.0 Å². The van der Waals surface area contributed by atoms with E-state index in [0.717, 1.165) is 17.1 Å². The Morgan fingerprint density at radius 2 is 2.00 bits per heavy atom. The molecule has 1 heterocycles. The van der Waals surface area contributed by atoms with E-state index in [4.69, 9.17) is 9.47 Å². The predicted octanol–water partition coefficient (Wildman–Crippen LogP) is 3.72. The number of rotatable bonds is 5. The number of nitrogens with one attached hydrogen (secondary N) is 1. The molecule has 5 nitrogen and oxygen atoms in total. The van der Waals surface area contributed by atoms with Crippen LogP contribution in [0.25, 0.3) is 0 Å². The van der Waals surface area contributed by atoms with Gasteiger partial charge in [-0.3, -0.25) is 4.98 Å². The molecule has 0 bridgehead atoms. The van der Waals surface area contributed by atoms with Gasteiger partial charge in [-0.15, -0.1) is 0 Å². The molecule has 0 aliphatic rings. The van der Waals surface area contributed by atoms with Crippen LogP contribution in [0.1, 0.15) is 23.9 Å². The number of nitriles is 1. The SMILES string of the molecule is CCOc1ccc(Nc2cc(C)nc(C)c2C#N)cc1OC. The van der Waals surface area contributed by atoms with Crippen molar-refractivity contribution < 1.29 is 9.47 Å². The number of anilines is 2. The summed E-state index contributed by atoms with van der Waals surface area (Å²) in [7, 11) is 1.60. The van der Waals surface area contributed by atoms with E-state index in [0.29, 0.717) is 29.4 Å². The van der Waals surface area contributed by atoms with Crippen molar-refractivity contribution in [3.63, 3.8) is 0 Å². The Morgan fingerprint density at radius 3 is 2.64 bits per heavy atom. The molecule has 0 spiro atoms. The standard InChI is InChI=1S/C17H19N3O2/c1-5-22-16-7-6-13(9-17(16)21-4)20-15-8-11(2)19-12(3)14(15)10-18/h6-9H,5H2,1-4H3,(H,19,20). The monoisotopic (exact) mass is 297 g/mol. The first-order valence-electron chi connectivity index (χ1n) is 7.05. The predicted molar refractivity (Wildman–Crippen MR) is 85.9 cm³/mol. The molecule has 0 aliphatic heterocycles. The molecule has 1 aromatic heterocycles. The van der Waals surface area contributed by atoms with Crippen molar-refractivity contribution in [1.29, 1.82) is 5.26 Å². The van der Waals surface area contributed by atoms with Crippen molar-refractivity contribution in [3.05, 3.63) is 41.2 Å². The highest BCUT2D eigenvalue weighted by Crippen LogP contribution is 2.32. The molecular weight excluding hydrogens is 278 g/mol. The first-order valence-corrected chi connectivity index (χ1v) is 7.05. The van der Waals surface area contributed by atoms with Gasteiger partial charge >= 0.3 is 0 Å². The Balaban J connectivity index is 2.38. The Hall–Kier alpha value is -2.74. The average molecular weight is 297 g/mol. The van der Waals surface area contributed by atoms with Gasteiger partial charge in [0.1, 0.15) is 6.07 Å². The normalized spacial score (nSPS) is 9.95. The van der Waals surface area contributed by atoms with Crippen LogP contribution in [0.3, 0.4) is 0 Å². The number of ether oxygens (including phenoxy) is 2. The maximum Gasteiger partial charge on any atom is 0.162 e. The quantitative estimate of drug-likeness (QED) is 0.911. The lowest BCUT2D eigenvalue weighted by Gasteiger charge is -2.14. The van der Waals surface area contributed by atoms with E-state index in [-0.39, 0.29) is 0 Å². The maximum absolute atomic E-state index is 9.31. The van der Waals surface area contributed by atoms with E-state index in [2.05, 4.69) is 16.4 Å². The number of benzene rings is 1. The van der Waals surface area contributed by atoms with Crippen molar-refractivity contribution in [2.75, 3.05) is 19.0 Å². The molecule has 0 radical (unpaired) electrons. The number of hydrogen-bond donors (Lipinski definition) is 1. The summed E-state index contributed by atoms with van der Waals surface area (Å²) in [5.74, 6) is 1.34. The van der Waals surface area contributed by atoms with E-state index in [9.17, 15) is 5.26 Å². The van der Waals surface area contributed by atoms with E-state index in [1.165, 1.54) is 0 Å². The summed E-state index contributed by atoms with van der Waals surface area (Å²) in [6.45, 7) is 6.23. The number of aryl methyl sites for hydroxylation is 2. The molecular formula is C17H19N3O2. The van der Waals surface area contributed by atoms with Gasteiger partial charge in [0.15, 0.2) is 11.5 Å². The van der Waals surface area contributed by atoms with Gasteiger partial charge in [-0.1, -0.05) is 0 Å². The molecule has 0 saturated heterocycles. The van der Waals surface area contributed by atoms with Crippen LogP contribution in [-0.4, -0.2) is 18.7 Å². The van der Waals surface area contributed by atoms with Crippen molar-refractivity contribution in [2.45, 2.75) is 20.8 Å². The van der Waals surface area contributed by atoms with E-state index < -0.39 is 0 Å². The van der Waals surface area contributed by atoms with Crippen molar-refractivity contribution >= 4 is 11.4 Å². The summed E-state index contributed by atoms with van der Waals surface area (Å²) in [6.07, 6.45) is 0. The second kappa shape index (κ2) is 6.81. The number of aromatic nitrogens is 1. The zero-order chi connectivity index (χ0) is 16.1. The largest absolute Gasteiger partial charge is 0.493 e. The molecule has 2 aromatic rings.